The van der Waals surface area contributed by atoms with Gasteiger partial charge in [-0.2, -0.15) is 5.10 Å². The van der Waals surface area contributed by atoms with Gasteiger partial charge in [-0.15, -0.1) is 0 Å². The first-order valence-corrected chi connectivity index (χ1v) is 6.14. The summed E-state index contributed by atoms with van der Waals surface area (Å²) in [6.07, 6.45) is 1.47. The van der Waals surface area contributed by atoms with Crippen molar-refractivity contribution in [2.45, 2.75) is 0 Å². The number of hydrazone groups is 1. The van der Waals surface area contributed by atoms with Crippen LogP contribution < -0.4 is 10.7 Å². The Morgan fingerprint density at radius 2 is 1.95 bits per heavy atom. The van der Waals surface area contributed by atoms with Gasteiger partial charge >= 0.3 is 0 Å². The van der Waals surface area contributed by atoms with Gasteiger partial charge in [0.1, 0.15) is 5.75 Å². The second-order valence-corrected chi connectivity index (χ2v) is 4.11. The average molecular weight is 269 g/mol. The summed E-state index contributed by atoms with van der Waals surface area (Å²) in [5.41, 5.74) is 3.99. The van der Waals surface area contributed by atoms with Gasteiger partial charge < -0.3 is 10.4 Å². The maximum absolute atomic E-state index is 11.5. The number of benzene rings is 2. The third-order valence-electron chi connectivity index (χ3n) is 2.50. The van der Waals surface area contributed by atoms with Crippen molar-refractivity contribution in [2.24, 2.45) is 5.10 Å². The Labute approximate surface area is 117 Å². The summed E-state index contributed by atoms with van der Waals surface area (Å²) >= 11 is 0. The van der Waals surface area contributed by atoms with Gasteiger partial charge in [-0.3, -0.25) is 4.79 Å². The van der Waals surface area contributed by atoms with E-state index in [0.29, 0.717) is 5.56 Å². The molecule has 0 saturated heterocycles. The van der Waals surface area contributed by atoms with Crippen molar-refractivity contribution in [3.63, 3.8) is 0 Å². The molecule has 0 atom stereocenters. The molecule has 1 amide bonds. The predicted molar refractivity (Wildman–Crippen MR) is 78.8 cm³/mol. The summed E-state index contributed by atoms with van der Waals surface area (Å²) in [6, 6.07) is 16.0. The van der Waals surface area contributed by atoms with Gasteiger partial charge in [-0.1, -0.05) is 30.3 Å². The number of amides is 1. The fourth-order valence-electron chi connectivity index (χ4n) is 1.56. The van der Waals surface area contributed by atoms with E-state index in [1.54, 1.807) is 24.3 Å². The summed E-state index contributed by atoms with van der Waals surface area (Å²) in [5, 5.41) is 16.1. The molecule has 20 heavy (non-hydrogen) atoms. The van der Waals surface area contributed by atoms with Gasteiger partial charge in [0.15, 0.2) is 0 Å². The van der Waals surface area contributed by atoms with E-state index in [4.69, 9.17) is 0 Å². The van der Waals surface area contributed by atoms with Crippen molar-refractivity contribution in [3.8, 4) is 5.75 Å². The molecule has 0 radical (unpaired) electrons. The molecule has 2 aromatic carbocycles. The quantitative estimate of drug-likeness (QED) is 0.574. The molecule has 2 rings (SSSR count). The molecule has 0 heterocycles. The van der Waals surface area contributed by atoms with Crippen LogP contribution in [0.5, 0.6) is 5.75 Å². The summed E-state index contributed by atoms with van der Waals surface area (Å²) in [7, 11) is 0. The van der Waals surface area contributed by atoms with E-state index >= 15 is 0 Å². The lowest BCUT2D eigenvalue weighted by atomic mass is 10.2. The molecule has 0 aliphatic heterocycles. The van der Waals surface area contributed by atoms with Crippen molar-refractivity contribution in [1.82, 2.24) is 5.43 Å². The Bertz CT molecular complexity index is 597. The van der Waals surface area contributed by atoms with Crippen LogP contribution in [0.3, 0.4) is 0 Å². The SMILES string of the molecule is O=C(CNc1ccccc1)NN=Cc1cccc(O)c1. The predicted octanol–water partition coefficient (Wildman–Crippen LogP) is 1.95. The molecule has 0 spiro atoms. The number of nitrogens with one attached hydrogen (secondary N) is 2. The Hall–Kier alpha value is -2.82. The average Bonchev–Trinajstić information content (AvgIpc) is 2.46. The minimum atomic E-state index is -0.245. The highest BCUT2D eigenvalue weighted by Crippen LogP contribution is 2.08. The third-order valence-corrected chi connectivity index (χ3v) is 2.50. The van der Waals surface area contributed by atoms with Gasteiger partial charge in [-0.05, 0) is 29.8 Å². The standard InChI is InChI=1S/C15H15N3O2/c19-14-8-4-5-12(9-14)10-17-18-15(20)11-16-13-6-2-1-3-7-13/h1-10,16,19H,11H2,(H,18,20). The number of aromatic hydroxyl groups is 1. The molecule has 0 aromatic heterocycles. The smallest absolute Gasteiger partial charge is 0.259 e. The molecule has 2 aromatic rings. The second kappa shape index (κ2) is 6.94. The van der Waals surface area contributed by atoms with Crippen molar-refractivity contribution in [3.05, 3.63) is 60.2 Å². The van der Waals surface area contributed by atoms with E-state index in [1.807, 2.05) is 30.3 Å². The number of carbonyl (C=O) groups is 1. The van der Waals surface area contributed by atoms with E-state index < -0.39 is 0 Å². The van der Waals surface area contributed by atoms with Gasteiger partial charge in [0, 0.05) is 5.69 Å². The number of anilines is 1. The maximum atomic E-state index is 11.5. The molecule has 0 fully saturated rings. The van der Waals surface area contributed by atoms with Crippen LogP contribution >= 0.6 is 0 Å². The summed E-state index contributed by atoms with van der Waals surface area (Å²) in [6.45, 7) is 0.140. The fraction of sp³-hybridized carbons (Fsp3) is 0.0667. The zero-order valence-electron chi connectivity index (χ0n) is 10.8. The molecule has 0 unspecified atom stereocenters. The molecular weight excluding hydrogens is 254 g/mol. The Morgan fingerprint density at radius 1 is 1.15 bits per heavy atom. The van der Waals surface area contributed by atoms with Gasteiger partial charge in [-0.25, -0.2) is 5.43 Å². The molecule has 5 heteroatoms. The highest BCUT2D eigenvalue weighted by atomic mass is 16.3. The number of hydrogen-bond donors (Lipinski definition) is 3. The van der Waals surface area contributed by atoms with Crippen LogP contribution in [0.15, 0.2) is 59.7 Å². The van der Waals surface area contributed by atoms with Crippen LogP contribution in [-0.4, -0.2) is 23.8 Å². The fourth-order valence-corrected chi connectivity index (χ4v) is 1.56. The first-order chi connectivity index (χ1) is 9.74. The van der Waals surface area contributed by atoms with Crippen LogP contribution in [0.25, 0.3) is 0 Å². The first kappa shape index (κ1) is 13.6. The Morgan fingerprint density at radius 3 is 2.70 bits per heavy atom. The molecule has 3 N–H and O–H groups in total. The minimum Gasteiger partial charge on any atom is -0.508 e. The van der Waals surface area contributed by atoms with Crippen LogP contribution in [0.4, 0.5) is 5.69 Å². The van der Waals surface area contributed by atoms with E-state index in [2.05, 4.69) is 15.8 Å². The number of rotatable bonds is 5. The topological polar surface area (TPSA) is 73.7 Å². The molecule has 5 nitrogen and oxygen atoms in total. The highest BCUT2D eigenvalue weighted by molar-refractivity contribution is 5.84. The number of phenolic OH excluding ortho intramolecular Hbond substituents is 1. The van der Waals surface area contributed by atoms with Gasteiger partial charge in [0.25, 0.3) is 5.91 Å². The number of hydrogen-bond acceptors (Lipinski definition) is 4. The zero-order chi connectivity index (χ0) is 14.2. The van der Waals surface area contributed by atoms with Crippen molar-refractivity contribution in [2.75, 3.05) is 11.9 Å². The van der Waals surface area contributed by atoms with Gasteiger partial charge in [0.05, 0.1) is 12.8 Å². The molecular formula is C15H15N3O2. The molecule has 0 bridgehead atoms. The van der Waals surface area contributed by atoms with Crippen molar-refractivity contribution < 1.29 is 9.90 Å². The molecule has 0 saturated carbocycles. The van der Waals surface area contributed by atoms with E-state index in [-0.39, 0.29) is 18.2 Å². The van der Waals surface area contributed by atoms with E-state index in [1.165, 1.54) is 6.21 Å². The number of para-hydroxylation sites is 1. The van der Waals surface area contributed by atoms with Gasteiger partial charge in [0.2, 0.25) is 0 Å². The monoisotopic (exact) mass is 269 g/mol. The normalized spacial score (nSPS) is 10.4. The first-order valence-electron chi connectivity index (χ1n) is 6.14. The van der Waals surface area contributed by atoms with E-state index in [9.17, 15) is 9.90 Å². The zero-order valence-corrected chi connectivity index (χ0v) is 10.8. The lowest BCUT2D eigenvalue weighted by molar-refractivity contribution is -0.119. The third kappa shape index (κ3) is 4.45. The van der Waals surface area contributed by atoms with Crippen molar-refractivity contribution >= 4 is 17.8 Å². The maximum Gasteiger partial charge on any atom is 0.259 e. The molecule has 0 aliphatic rings. The van der Waals surface area contributed by atoms with Crippen LogP contribution in [0, 0.1) is 0 Å². The van der Waals surface area contributed by atoms with Crippen LogP contribution in [-0.2, 0) is 4.79 Å². The number of carbonyl (C=O) groups excluding carboxylic acids is 1. The molecule has 102 valence electrons. The number of phenols is 1. The lowest BCUT2D eigenvalue weighted by Crippen LogP contribution is -2.25. The molecule has 0 aliphatic carbocycles. The summed E-state index contributed by atoms with van der Waals surface area (Å²) < 4.78 is 0. The van der Waals surface area contributed by atoms with E-state index in [0.717, 1.165) is 5.69 Å². The Balaban J connectivity index is 1.78. The summed E-state index contributed by atoms with van der Waals surface area (Å²) in [5.74, 6) is -0.0868. The van der Waals surface area contributed by atoms with Crippen LogP contribution in [0.2, 0.25) is 0 Å². The minimum absolute atomic E-state index is 0.140. The largest absolute Gasteiger partial charge is 0.508 e. The summed E-state index contributed by atoms with van der Waals surface area (Å²) in [4.78, 5) is 11.5. The van der Waals surface area contributed by atoms with Crippen molar-refractivity contribution in [1.29, 1.82) is 0 Å². The number of nitrogens with zero attached hydrogens (tertiary/aromatic N) is 1. The Kier molecular flexibility index (Phi) is 4.72. The second-order valence-electron chi connectivity index (χ2n) is 4.11. The lowest BCUT2D eigenvalue weighted by Gasteiger charge is -2.04. The van der Waals surface area contributed by atoms with Crippen LogP contribution in [0.1, 0.15) is 5.56 Å². The highest BCUT2D eigenvalue weighted by Gasteiger charge is 1.98.